The molecule has 0 fully saturated rings. The van der Waals surface area contributed by atoms with Crippen molar-refractivity contribution in [2.75, 3.05) is 0 Å². The van der Waals surface area contributed by atoms with Gasteiger partial charge in [0.05, 0.1) is 0 Å². The Balaban J connectivity index is 0.000000102. The fourth-order valence-corrected chi connectivity index (χ4v) is 1.96. The average molecular weight is 216 g/mol. The van der Waals surface area contributed by atoms with Crippen molar-refractivity contribution in [3.8, 4) is 0 Å². The summed E-state index contributed by atoms with van der Waals surface area (Å²) >= 11 is 4.14. The Labute approximate surface area is 87.7 Å². The van der Waals surface area contributed by atoms with E-state index in [1.54, 1.807) is 0 Å². The zero-order valence-electron chi connectivity index (χ0n) is 7.44. The van der Waals surface area contributed by atoms with Crippen molar-refractivity contribution >= 4 is 0 Å². The summed E-state index contributed by atoms with van der Waals surface area (Å²) in [5.41, 5.74) is 0. The minimum atomic E-state index is 0.810. The summed E-state index contributed by atoms with van der Waals surface area (Å²) in [6.07, 6.45) is 17.7. The van der Waals surface area contributed by atoms with E-state index < -0.39 is 0 Å². The maximum atomic E-state index is 4.14. The molecule has 0 aromatic carbocycles. The standard InChI is InChI=1S/C7H8.C5H5.Co/c1-2-7-4-3-6(1)5-7;1-2-4-5-3-1;/h1-4,6-7H,5H2;1-3H,4H2;. The molecule has 0 unspecified atom stereocenters. The zero-order valence-corrected chi connectivity index (χ0v) is 8.48. The number of allylic oxidation sites excluding steroid dienone is 8. The number of hydrogen-bond donors (Lipinski definition) is 0. The Morgan fingerprint density at radius 3 is 1.85 bits per heavy atom. The number of hydrogen-bond acceptors (Lipinski definition) is 0. The van der Waals surface area contributed by atoms with Gasteiger partial charge in [0.15, 0.2) is 0 Å². The van der Waals surface area contributed by atoms with E-state index in [0.29, 0.717) is 0 Å². The molecule has 3 rings (SSSR count). The summed E-state index contributed by atoms with van der Waals surface area (Å²) in [6, 6.07) is 0. The molecular formula is C12H13Co. The van der Waals surface area contributed by atoms with Gasteiger partial charge in [-0.3, -0.25) is 0 Å². The van der Waals surface area contributed by atoms with Crippen molar-refractivity contribution in [1.29, 1.82) is 0 Å². The molecule has 0 N–H and O–H groups in total. The first-order chi connectivity index (χ1) is 6.34. The molecule has 0 aliphatic heterocycles. The third kappa shape index (κ3) is 2.45. The molecule has 0 radical (unpaired) electrons. The van der Waals surface area contributed by atoms with E-state index in [2.05, 4.69) is 46.1 Å². The quantitative estimate of drug-likeness (QED) is 0.546. The van der Waals surface area contributed by atoms with Crippen LogP contribution in [0.2, 0.25) is 0 Å². The first-order valence-corrected chi connectivity index (χ1v) is 5.22. The van der Waals surface area contributed by atoms with Crippen molar-refractivity contribution < 1.29 is 15.7 Å². The van der Waals surface area contributed by atoms with E-state index in [-0.39, 0.29) is 0 Å². The molecule has 0 heterocycles. The third-order valence-corrected chi connectivity index (χ3v) is 2.85. The van der Waals surface area contributed by atoms with Gasteiger partial charge < -0.3 is 0 Å². The molecule has 0 aromatic rings. The van der Waals surface area contributed by atoms with Gasteiger partial charge in [0.1, 0.15) is 0 Å². The Morgan fingerprint density at radius 1 is 1.08 bits per heavy atom. The summed E-state index contributed by atoms with van der Waals surface area (Å²) in [4.78, 5) is 0. The van der Waals surface area contributed by atoms with Crippen molar-refractivity contribution in [1.82, 2.24) is 0 Å². The van der Waals surface area contributed by atoms with E-state index in [4.69, 9.17) is 0 Å². The van der Waals surface area contributed by atoms with Crippen molar-refractivity contribution in [3.63, 3.8) is 0 Å². The molecule has 0 amide bonds. The summed E-state index contributed by atoms with van der Waals surface area (Å²) < 4.78 is 1.16. The van der Waals surface area contributed by atoms with E-state index in [9.17, 15) is 0 Å². The zero-order chi connectivity index (χ0) is 9.10. The molecule has 0 spiro atoms. The Morgan fingerprint density at radius 2 is 1.69 bits per heavy atom. The van der Waals surface area contributed by atoms with E-state index >= 15 is 0 Å². The molecule has 0 saturated heterocycles. The first-order valence-electron chi connectivity index (χ1n) is 4.70. The molecule has 0 aromatic heterocycles. The molecule has 1 heteroatoms. The van der Waals surface area contributed by atoms with Crippen LogP contribution in [0, 0.1) is 11.8 Å². The van der Waals surface area contributed by atoms with Crippen LogP contribution >= 0.6 is 0 Å². The van der Waals surface area contributed by atoms with Crippen molar-refractivity contribution in [2.24, 2.45) is 11.8 Å². The average Bonchev–Trinajstić information content (AvgIpc) is 2.80. The van der Waals surface area contributed by atoms with E-state index in [1.807, 2.05) is 12.2 Å². The van der Waals surface area contributed by atoms with E-state index in [0.717, 1.165) is 22.8 Å². The van der Waals surface area contributed by atoms with Gasteiger partial charge in [-0.1, -0.05) is 24.3 Å². The summed E-state index contributed by atoms with van der Waals surface area (Å²) in [5, 5.41) is 0. The van der Waals surface area contributed by atoms with Gasteiger partial charge in [0.25, 0.3) is 0 Å². The van der Waals surface area contributed by atoms with E-state index in [1.165, 1.54) is 6.42 Å². The van der Waals surface area contributed by atoms with Crippen LogP contribution in [0.4, 0.5) is 0 Å². The molecule has 2 bridgehead atoms. The monoisotopic (exact) mass is 216 g/mol. The number of rotatable bonds is 0. The van der Waals surface area contributed by atoms with Gasteiger partial charge >= 0.3 is 44.9 Å². The van der Waals surface area contributed by atoms with Gasteiger partial charge in [0, 0.05) is 0 Å². The van der Waals surface area contributed by atoms with Gasteiger partial charge in [-0.05, 0) is 18.3 Å². The SMILES string of the molecule is C1=CC2C=CC1C2.[Co][C]1=CC=CC1. The molecule has 3 aliphatic rings. The molecule has 0 saturated carbocycles. The number of fused-ring (bicyclic) bond motifs is 2. The summed E-state index contributed by atoms with van der Waals surface area (Å²) in [5.74, 6) is 1.62. The van der Waals surface area contributed by atoms with Gasteiger partial charge in [-0.15, -0.1) is 0 Å². The first kappa shape index (κ1) is 9.04. The molecule has 0 atom stereocenters. The van der Waals surface area contributed by atoms with Crippen LogP contribution in [0.25, 0.3) is 0 Å². The van der Waals surface area contributed by atoms with Crippen LogP contribution in [0.1, 0.15) is 12.8 Å². The topological polar surface area (TPSA) is 0 Å². The van der Waals surface area contributed by atoms with Crippen molar-refractivity contribution in [3.05, 3.63) is 47.0 Å². The van der Waals surface area contributed by atoms with Crippen LogP contribution in [0.3, 0.4) is 0 Å². The van der Waals surface area contributed by atoms with Crippen LogP contribution in [-0.4, -0.2) is 0 Å². The molecule has 70 valence electrons. The Kier molecular flexibility index (Phi) is 2.86. The van der Waals surface area contributed by atoms with Gasteiger partial charge in [0.2, 0.25) is 0 Å². The van der Waals surface area contributed by atoms with Crippen LogP contribution in [-0.2, 0) is 15.7 Å². The van der Waals surface area contributed by atoms with Gasteiger partial charge in [-0.2, -0.15) is 0 Å². The molecule has 0 nitrogen and oxygen atoms in total. The summed E-state index contributed by atoms with van der Waals surface area (Å²) in [7, 11) is 0. The fraction of sp³-hybridized carbons (Fsp3) is 0.333. The Hall–Kier alpha value is -0.534. The van der Waals surface area contributed by atoms with Crippen LogP contribution < -0.4 is 0 Å². The maximum absolute atomic E-state index is 4.14. The predicted molar refractivity (Wildman–Crippen MR) is 51.7 cm³/mol. The molecular weight excluding hydrogens is 203 g/mol. The summed E-state index contributed by atoms with van der Waals surface area (Å²) in [6.45, 7) is 0. The van der Waals surface area contributed by atoms with Crippen LogP contribution in [0.5, 0.6) is 0 Å². The second kappa shape index (κ2) is 4.12. The predicted octanol–water partition coefficient (Wildman–Crippen LogP) is 3.13. The second-order valence-electron chi connectivity index (χ2n) is 3.55. The van der Waals surface area contributed by atoms with Crippen molar-refractivity contribution in [2.45, 2.75) is 12.8 Å². The third-order valence-electron chi connectivity index (χ3n) is 2.46. The Bertz CT molecular complexity index is 266. The van der Waals surface area contributed by atoms with Crippen LogP contribution in [0.15, 0.2) is 47.0 Å². The minimum absolute atomic E-state index is 0.810. The second-order valence-corrected chi connectivity index (χ2v) is 4.22. The fourth-order valence-electron chi connectivity index (χ4n) is 1.74. The molecule has 13 heavy (non-hydrogen) atoms. The molecule has 3 aliphatic carbocycles. The van der Waals surface area contributed by atoms with Gasteiger partial charge in [-0.25, -0.2) is 0 Å². The normalized spacial score (nSPS) is 32.0.